The Balaban J connectivity index is 1.35. The highest BCUT2D eigenvalue weighted by atomic mass is 15.2. The fourth-order valence-corrected chi connectivity index (χ4v) is 9.19. The Bertz CT molecular complexity index is 3220. The number of hydrogen-bond donors (Lipinski definition) is 0. The quantitative estimate of drug-likeness (QED) is 0.143. The molecular weight excluding hydrogens is 777 g/mol. The minimum atomic E-state index is -0.0395. The molecule has 4 heteroatoms. The van der Waals surface area contributed by atoms with Crippen LogP contribution < -0.4 is 9.80 Å². The summed E-state index contributed by atoms with van der Waals surface area (Å²) in [6.07, 6.45) is 0. The molecule has 10 aromatic rings. The Kier molecular flexibility index (Phi) is 9.94. The van der Waals surface area contributed by atoms with E-state index in [1.807, 2.05) is 24.3 Å². The van der Waals surface area contributed by atoms with Crippen molar-refractivity contribution in [3.05, 3.63) is 216 Å². The van der Waals surface area contributed by atoms with Crippen LogP contribution in [0, 0.1) is 36.5 Å². The van der Waals surface area contributed by atoms with Gasteiger partial charge in [0.05, 0.1) is 34.6 Å². The van der Waals surface area contributed by atoms with E-state index in [2.05, 4.69) is 220 Å². The fraction of sp³-hybridized carbons (Fsp3) is 0.100. The Morgan fingerprint density at radius 3 is 1.20 bits per heavy atom. The first-order valence-corrected chi connectivity index (χ1v) is 21.8. The summed E-state index contributed by atoms with van der Waals surface area (Å²) in [5.41, 5.74) is 15.1. The van der Waals surface area contributed by atoms with Crippen LogP contribution in [0.5, 0.6) is 0 Å². The van der Waals surface area contributed by atoms with E-state index in [0.29, 0.717) is 11.1 Å². The summed E-state index contributed by atoms with van der Waals surface area (Å²) in [4.78, 5) is 4.76. The standard InChI is InChI=1S/C60H46N4/c1-39-16-22-45(43-12-8-6-9-13-43)34-54(39)63(50-26-18-41(37-61)19-27-50)56-36-57(53-31-25-48-33-49(60(3,4)5)32-47-24-30-52(56)59(53)58(47)48)64(51-28-20-42(38-62)21-29-51)55-35-46(23-17-40(55)2)44-14-10-7-11-15-44/h6-36H,1-5H3. The Labute approximate surface area is 375 Å². The van der Waals surface area contributed by atoms with Crippen LogP contribution in [0.4, 0.5) is 34.1 Å². The van der Waals surface area contributed by atoms with Crippen molar-refractivity contribution in [3.8, 4) is 34.4 Å². The van der Waals surface area contributed by atoms with Crippen molar-refractivity contribution in [1.82, 2.24) is 0 Å². The molecule has 0 unspecified atom stereocenters. The number of aryl methyl sites for hydroxylation is 2. The molecule has 0 amide bonds. The van der Waals surface area contributed by atoms with E-state index in [0.717, 1.165) is 78.3 Å². The van der Waals surface area contributed by atoms with Crippen LogP contribution in [0.25, 0.3) is 54.6 Å². The van der Waals surface area contributed by atoms with E-state index in [4.69, 9.17) is 0 Å². The lowest BCUT2D eigenvalue weighted by Crippen LogP contribution is -2.16. The Morgan fingerprint density at radius 2 is 0.812 bits per heavy atom. The molecule has 0 spiro atoms. The van der Waals surface area contributed by atoms with E-state index in [-0.39, 0.29) is 5.41 Å². The van der Waals surface area contributed by atoms with Crippen molar-refractivity contribution in [3.63, 3.8) is 0 Å². The zero-order valence-corrected chi connectivity index (χ0v) is 36.7. The van der Waals surface area contributed by atoms with Crippen LogP contribution >= 0.6 is 0 Å². The third-order valence-electron chi connectivity index (χ3n) is 12.6. The lowest BCUT2D eigenvalue weighted by Gasteiger charge is -2.34. The van der Waals surface area contributed by atoms with E-state index in [1.54, 1.807) is 0 Å². The van der Waals surface area contributed by atoms with Crippen LogP contribution in [0.2, 0.25) is 0 Å². The summed E-state index contributed by atoms with van der Waals surface area (Å²) in [7, 11) is 0. The molecule has 0 atom stereocenters. The second-order valence-corrected chi connectivity index (χ2v) is 17.8. The molecule has 0 N–H and O–H groups in total. The summed E-state index contributed by atoms with van der Waals surface area (Å²) in [5, 5.41) is 26.9. The molecule has 4 nitrogen and oxygen atoms in total. The lowest BCUT2D eigenvalue weighted by atomic mass is 9.83. The minimum absolute atomic E-state index is 0.0395. The second-order valence-electron chi connectivity index (χ2n) is 17.8. The molecule has 0 saturated carbocycles. The van der Waals surface area contributed by atoms with Gasteiger partial charge in [0.2, 0.25) is 0 Å². The number of hydrogen-bond acceptors (Lipinski definition) is 4. The number of nitrogens with zero attached hydrogens (tertiary/aromatic N) is 4. The molecule has 0 aliphatic heterocycles. The average Bonchev–Trinajstić information content (AvgIpc) is 3.33. The third kappa shape index (κ3) is 7.06. The monoisotopic (exact) mass is 822 g/mol. The van der Waals surface area contributed by atoms with Crippen molar-refractivity contribution < 1.29 is 0 Å². The van der Waals surface area contributed by atoms with Gasteiger partial charge in [0.25, 0.3) is 0 Å². The first kappa shape index (κ1) is 39.9. The van der Waals surface area contributed by atoms with Crippen LogP contribution in [0.15, 0.2) is 188 Å². The molecule has 0 saturated heterocycles. The molecule has 0 aliphatic rings. The third-order valence-corrected chi connectivity index (χ3v) is 12.6. The first-order chi connectivity index (χ1) is 31.1. The van der Waals surface area contributed by atoms with Gasteiger partial charge in [0, 0.05) is 38.9 Å². The number of anilines is 6. The van der Waals surface area contributed by atoms with Crippen molar-refractivity contribution in [1.29, 1.82) is 10.5 Å². The normalized spacial score (nSPS) is 11.5. The summed E-state index contributed by atoms with van der Waals surface area (Å²) >= 11 is 0. The van der Waals surface area contributed by atoms with E-state index in [1.165, 1.54) is 27.1 Å². The molecule has 0 bridgehead atoms. The maximum absolute atomic E-state index is 9.95. The summed E-state index contributed by atoms with van der Waals surface area (Å²) < 4.78 is 0. The van der Waals surface area contributed by atoms with Gasteiger partial charge in [0.1, 0.15) is 0 Å². The maximum atomic E-state index is 9.95. The fourth-order valence-electron chi connectivity index (χ4n) is 9.19. The Morgan fingerprint density at radius 1 is 0.391 bits per heavy atom. The summed E-state index contributed by atoms with van der Waals surface area (Å²) in [6.45, 7) is 11.2. The number of rotatable bonds is 8. The van der Waals surface area contributed by atoms with Crippen LogP contribution in [0.1, 0.15) is 48.6 Å². The smallest absolute Gasteiger partial charge is 0.0991 e. The van der Waals surface area contributed by atoms with Gasteiger partial charge in [0.15, 0.2) is 0 Å². The largest absolute Gasteiger partial charge is 0.310 e. The van der Waals surface area contributed by atoms with Crippen molar-refractivity contribution in [2.75, 3.05) is 9.80 Å². The SMILES string of the molecule is Cc1ccc(-c2ccccc2)cc1N(c1ccc(C#N)cc1)c1cc(N(c2ccc(C#N)cc2)c2cc(-c3ccccc3)ccc2C)c2ccc3cc(C(C)(C)C)cc4ccc1c2c43. The average molecular weight is 823 g/mol. The van der Waals surface area contributed by atoms with Gasteiger partial charge < -0.3 is 9.80 Å². The van der Waals surface area contributed by atoms with Crippen LogP contribution in [-0.4, -0.2) is 0 Å². The first-order valence-electron chi connectivity index (χ1n) is 21.8. The molecule has 306 valence electrons. The molecule has 10 rings (SSSR count). The van der Waals surface area contributed by atoms with Crippen molar-refractivity contribution in [2.45, 2.75) is 40.0 Å². The predicted octanol–water partition coefficient (Wildman–Crippen LogP) is 16.5. The van der Waals surface area contributed by atoms with E-state index >= 15 is 0 Å². The van der Waals surface area contributed by atoms with Gasteiger partial charge in [-0.2, -0.15) is 10.5 Å². The Hall–Kier alpha value is -8.18. The van der Waals surface area contributed by atoms with Crippen LogP contribution in [0.3, 0.4) is 0 Å². The molecule has 0 aliphatic carbocycles. The van der Waals surface area contributed by atoms with Gasteiger partial charge in [-0.1, -0.05) is 142 Å². The molecule has 0 fully saturated rings. The van der Waals surface area contributed by atoms with Gasteiger partial charge >= 0.3 is 0 Å². The zero-order valence-electron chi connectivity index (χ0n) is 36.7. The van der Waals surface area contributed by atoms with Gasteiger partial charge in [-0.25, -0.2) is 0 Å². The van der Waals surface area contributed by atoms with Crippen molar-refractivity contribution >= 4 is 66.4 Å². The maximum Gasteiger partial charge on any atom is 0.0991 e. The highest BCUT2D eigenvalue weighted by molar-refractivity contribution is 6.29. The molecule has 10 aromatic carbocycles. The molecule has 0 heterocycles. The topological polar surface area (TPSA) is 54.1 Å². The van der Waals surface area contributed by atoms with Crippen LogP contribution in [-0.2, 0) is 5.41 Å². The van der Waals surface area contributed by atoms with Gasteiger partial charge in [-0.05, 0) is 141 Å². The van der Waals surface area contributed by atoms with Gasteiger partial charge in [-0.3, -0.25) is 0 Å². The van der Waals surface area contributed by atoms with E-state index < -0.39 is 0 Å². The molecule has 64 heavy (non-hydrogen) atoms. The summed E-state index contributed by atoms with van der Waals surface area (Å²) in [5.74, 6) is 0. The predicted molar refractivity (Wildman–Crippen MR) is 268 cm³/mol. The van der Waals surface area contributed by atoms with E-state index in [9.17, 15) is 10.5 Å². The summed E-state index contributed by atoms with van der Waals surface area (Å²) in [6, 6.07) is 71.3. The van der Waals surface area contributed by atoms with Gasteiger partial charge in [-0.15, -0.1) is 0 Å². The molecule has 0 radical (unpaired) electrons. The highest BCUT2D eigenvalue weighted by Crippen LogP contribution is 2.52. The zero-order chi connectivity index (χ0) is 44.1. The van der Waals surface area contributed by atoms with Crippen molar-refractivity contribution in [2.24, 2.45) is 0 Å². The molecular formula is C60H46N4. The minimum Gasteiger partial charge on any atom is -0.310 e. The number of nitriles is 2. The highest BCUT2D eigenvalue weighted by Gasteiger charge is 2.27. The lowest BCUT2D eigenvalue weighted by molar-refractivity contribution is 0.591. The number of benzene rings is 10. The second kappa shape index (κ2) is 15.9. The molecule has 0 aromatic heterocycles.